The van der Waals surface area contributed by atoms with Crippen molar-refractivity contribution in [2.45, 2.75) is 50.9 Å². The van der Waals surface area contributed by atoms with Crippen molar-refractivity contribution in [3.8, 4) is 0 Å². The van der Waals surface area contributed by atoms with Crippen LogP contribution in [0.15, 0.2) is 66.9 Å². The second-order valence-corrected chi connectivity index (χ2v) is 7.54. The zero-order chi connectivity index (χ0) is 20.9. The van der Waals surface area contributed by atoms with Crippen LogP contribution in [-0.4, -0.2) is 38.1 Å². The number of aromatic nitrogens is 3. The van der Waals surface area contributed by atoms with Gasteiger partial charge in [-0.3, -0.25) is 4.79 Å². The maximum absolute atomic E-state index is 12.0. The lowest BCUT2D eigenvalue weighted by molar-refractivity contribution is -0.167. The molecule has 4 atom stereocenters. The Morgan fingerprint density at radius 1 is 0.967 bits per heavy atom. The summed E-state index contributed by atoms with van der Waals surface area (Å²) in [6.45, 7) is 2.19. The number of hydrogen-bond acceptors (Lipinski definition) is 6. The third-order valence-corrected chi connectivity index (χ3v) is 5.30. The van der Waals surface area contributed by atoms with Crippen LogP contribution in [0.4, 0.5) is 0 Å². The van der Waals surface area contributed by atoms with Gasteiger partial charge in [-0.2, -0.15) is 0 Å². The molecule has 0 fully saturated rings. The third kappa shape index (κ3) is 4.48. The predicted molar refractivity (Wildman–Crippen MR) is 109 cm³/mol. The maximum atomic E-state index is 12.0. The van der Waals surface area contributed by atoms with E-state index in [1.54, 1.807) is 4.68 Å². The van der Waals surface area contributed by atoms with Crippen molar-refractivity contribution in [1.82, 2.24) is 15.0 Å². The number of aliphatic hydroxyl groups is 1. The highest BCUT2D eigenvalue weighted by Crippen LogP contribution is 2.37. The van der Waals surface area contributed by atoms with Gasteiger partial charge in [0.05, 0.1) is 31.1 Å². The molecule has 4 rings (SSSR count). The van der Waals surface area contributed by atoms with Crippen molar-refractivity contribution in [1.29, 1.82) is 0 Å². The largest absolute Gasteiger partial charge is 0.384 e. The van der Waals surface area contributed by atoms with Crippen LogP contribution in [0.25, 0.3) is 0 Å². The first-order chi connectivity index (χ1) is 14.6. The average Bonchev–Trinajstić information content (AvgIpc) is 3.25. The highest BCUT2D eigenvalue weighted by molar-refractivity contribution is 5.76. The van der Waals surface area contributed by atoms with Crippen molar-refractivity contribution in [2.75, 3.05) is 0 Å². The second kappa shape index (κ2) is 9.30. The van der Waals surface area contributed by atoms with E-state index in [2.05, 4.69) is 10.3 Å². The van der Waals surface area contributed by atoms with Crippen LogP contribution < -0.4 is 0 Å². The zero-order valence-corrected chi connectivity index (χ0v) is 16.8. The summed E-state index contributed by atoms with van der Waals surface area (Å²) in [4.78, 5) is 12.0. The predicted octanol–water partition coefficient (Wildman–Crippen LogP) is 3.02. The molecule has 0 saturated carbocycles. The molecule has 1 aliphatic heterocycles. The van der Waals surface area contributed by atoms with E-state index >= 15 is 0 Å². The number of carbonyl (C=O) groups is 1. The minimum absolute atomic E-state index is 0.00737. The van der Waals surface area contributed by atoms with Crippen LogP contribution in [0.3, 0.4) is 0 Å². The summed E-state index contributed by atoms with van der Waals surface area (Å²) < 4.78 is 14.0. The fourth-order valence-electron chi connectivity index (χ4n) is 3.85. The second-order valence-electron chi connectivity index (χ2n) is 7.54. The number of benzene rings is 2. The molecule has 2 heterocycles. The molecule has 3 aromatic rings. The summed E-state index contributed by atoms with van der Waals surface area (Å²) in [6, 6.07) is 19.1. The van der Waals surface area contributed by atoms with Crippen LogP contribution in [0.5, 0.6) is 0 Å². The molecule has 1 N–H and O–H groups in total. The topological polar surface area (TPSA) is 86.5 Å². The van der Waals surface area contributed by atoms with E-state index in [1.807, 2.05) is 60.7 Å². The Morgan fingerprint density at radius 2 is 1.53 bits per heavy atom. The molecule has 2 aromatic carbocycles. The van der Waals surface area contributed by atoms with Crippen LogP contribution in [0.1, 0.15) is 42.3 Å². The number of fused-ring (bicyclic) bond motifs is 1. The number of ketones is 1. The molecule has 156 valence electrons. The molecule has 0 radical (unpaired) electrons. The monoisotopic (exact) mass is 407 g/mol. The molecule has 7 heteroatoms. The van der Waals surface area contributed by atoms with E-state index in [9.17, 15) is 9.90 Å². The molecular weight excluding hydrogens is 382 g/mol. The van der Waals surface area contributed by atoms with Gasteiger partial charge in [-0.15, -0.1) is 5.10 Å². The van der Waals surface area contributed by atoms with Crippen molar-refractivity contribution < 1.29 is 19.4 Å². The first-order valence-corrected chi connectivity index (χ1v) is 10.0. The molecule has 30 heavy (non-hydrogen) atoms. The Morgan fingerprint density at radius 3 is 2.10 bits per heavy atom. The van der Waals surface area contributed by atoms with Crippen molar-refractivity contribution in [2.24, 2.45) is 0 Å². The summed E-state index contributed by atoms with van der Waals surface area (Å²) in [5.74, 6) is 0.00737. The van der Waals surface area contributed by atoms with Crippen LogP contribution in [-0.2, 0) is 27.5 Å². The lowest BCUT2D eigenvalue weighted by atomic mass is 9.91. The molecule has 0 aliphatic carbocycles. The van der Waals surface area contributed by atoms with E-state index in [1.165, 1.54) is 13.1 Å². The quantitative estimate of drug-likeness (QED) is 0.618. The molecule has 0 saturated heterocycles. The number of hydrogen-bond donors (Lipinski definition) is 1. The molecule has 0 bridgehead atoms. The van der Waals surface area contributed by atoms with Gasteiger partial charge in [-0.25, -0.2) is 4.68 Å². The fourth-order valence-corrected chi connectivity index (χ4v) is 3.85. The van der Waals surface area contributed by atoms with Gasteiger partial charge in [0.2, 0.25) is 0 Å². The first kappa shape index (κ1) is 20.4. The standard InChI is InChI=1S/C23H25N3O4/c1-16(27)12-19-22(29-14-17-8-4-2-5-9-17)23(21(28)20-13-24-25-26(19)20)30-15-18-10-6-3-7-11-18/h2-11,13,19,21-23,28H,12,14-15H2,1H3/t19-,21+,22-,23+/m0/s1. The van der Waals surface area contributed by atoms with E-state index in [0.717, 1.165) is 11.1 Å². The van der Waals surface area contributed by atoms with Gasteiger partial charge in [-0.1, -0.05) is 65.9 Å². The van der Waals surface area contributed by atoms with Gasteiger partial charge in [0.1, 0.15) is 24.1 Å². The lowest BCUT2D eigenvalue weighted by Crippen LogP contribution is -2.48. The highest BCUT2D eigenvalue weighted by atomic mass is 16.5. The van der Waals surface area contributed by atoms with Crippen LogP contribution in [0.2, 0.25) is 0 Å². The van der Waals surface area contributed by atoms with E-state index in [4.69, 9.17) is 9.47 Å². The fraction of sp³-hybridized carbons (Fsp3) is 0.348. The normalized spacial score (nSPS) is 23.1. The molecule has 7 nitrogen and oxygen atoms in total. The number of rotatable bonds is 8. The Labute approximate surface area is 175 Å². The number of carbonyl (C=O) groups excluding carboxylic acids is 1. The van der Waals surface area contributed by atoms with E-state index < -0.39 is 24.4 Å². The van der Waals surface area contributed by atoms with Gasteiger partial charge in [-0.05, 0) is 18.1 Å². The van der Waals surface area contributed by atoms with Crippen molar-refractivity contribution in [3.05, 3.63) is 83.7 Å². The van der Waals surface area contributed by atoms with Crippen LogP contribution in [0, 0.1) is 0 Å². The van der Waals surface area contributed by atoms with Gasteiger partial charge >= 0.3 is 0 Å². The molecule has 1 aliphatic rings. The molecule has 0 amide bonds. The van der Waals surface area contributed by atoms with E-state index in [-0.39, 0.29) is 12.2 Å². The lowest BCUT2D eigenvalue weighted by Gasteiger charge is -2.40. The maximum Gasteiger partial charge on any atom is 0.132 e. The highest BCUT2D eigenvalue weighted by Gasteiger charge is 2.45. The van der Waals surface area contributed by atoms with Crippen molar-refractivity contribution in [3.63, 3.8) is 0 Å². The third-order valence-electron chi connectivity index (χ3n) is 5.30. The minimum atomic E-state index is -0.965. The van der Waals surface area contributed by atoms with Gasteiger partial charge in [0.15, 0.2) is 0 Å². The summed E-state index contributed by atoms with van der Waals surface area (Å²) in [7, 11) is 0. The summed E-state index contributed by atoms with van der Waals surface area (Å²) in [5, 5.41) is 19.1. The Bertz CT molecular complexity index is 961. The first-order valence-electron chi connectivity index (χ1n) is 10.0. The average molecular weight is 407 g/mol. The molecule has 1 aromatic heterocycles. The smallest absolute Gasteiger partial charge is 0.132 e. The molecule has 0 spiro atoms. The number of Topliss-reactive ketones (excluding diaryl/α,β-unsaturated/α-hetero) is 1. The van der Waals surface area contributed by atoms with Gasteiger partial charge in [0.25, 0.3) is 0 Å². The van der Waals surface area contributed by atoms with Crippen molar-refractivity contribution >= 4 is 5.78 Å². The minimum Gasteiger partial charge on any atom is -0.384 e. The summed E-state index contributed by atoms with van der Waals surface area (Å²) in [6.07, 6.45) is -0.461. The number of nitrogens with zero attached hydrogens (tertiary/aromatic N) is 3. The van der Waals surface area contributed by atoms with Gasteiger partial charge in [0, 0.05) is 6.42 Å². The summed E-state index contributed by atoms with van der Waals surface area (Å²) in [5.41, 5.74) is 2.52. The van der Waals surface area contributed by atoms with E-state index in [0.29, 0.717) is 18.9 Å². The van der Waals surface area contributed by atoms with Gasteiger partial charge < -0.3 is 14.6 Å². The Hall–Kier alpha value is -2.87. The number of ether oxygens (including phenoxy) is 2. The molecule has 0 unspecified atom stereocenters. The Kier molecular flexibility index (Phi) is 6.32. The SMILES string of the molecule is CC(=O)C[C@H]1[C@H](OCc2ccccc2)[C@H](OCc2ccccc2)[C@H](O)c2cnnn21. The summed E-state index contributed by atoms with van der Waals surface area (Å²) >= 11 is 0. The zero-order valence-electron chi connectivity index (χ0n) is 16.8. The number of aliphatic hydroxyl groups excluding tert-OH is 1. The van der Waals surface area contributed by atoms with Crippen LogP contribution >= 0.6 is 0 Å². The molecular formula is C23H25N3O4. The Balaban J connectivity index is 1.61.